The zero-order chi connectivity index (χ0) is 19.9. The lowest BCUT2D eigenvalue weighted by atomic mass is 9.90. The number of unbranched alkanes of at least 4 members (excludes halogenated alkanes) is 1. The van der Waals surface area contributed by atoms with E-state index in [9.17, 15) is 9.59 Å². The summed E-state index contributed by atoms with van der Waals surface area (Å²) in [5, 5.41) is 0. The number of carbonyl (C=O) groups is 2. The molecule has 0 radical (unpaired) electrons. The minimum Gasteiger partial charge on any atom is -0.465 e. The van der Waals surface area contributed by atoms with Crippen LogP contribution < -0.4 is 0 Å². The molecule has 2 aliphatic heterocycles. The van der Waals surface area contributed by atoms with Gasteiger partial charge in [0.05, 0.1) is 37.6 Å². The molecule has 4 aliphatic rings. The van der Waals surface area contributed by atoms with Gasteiger partial charge in [-0.15, -0.1) is 13.2 Å². The summed E-state index contributed by atoms with van der Waals surface area (Å²) in [4.78, 5) is 23.6. The Morgan fingerprint density at radius 1 is 0.714 bits per heavy atom. The number of epoxide rings is 2. The van der Waals surface area contributed by atoms with Gasteiger partial charge >= 0.3 is 11.9 Å². The van der Waals surface area contributed by atoms with Crippen LogP contribution in [0.1, 0.15) is 64.2 Å². The predicted octanol–water partition coefficient (Wildman–Crippen LogP) is 3.57. The molecule has 0 aromatic carbocycles. The first-order valence-electron chi connectivity index (χ1n) is 10.8. The number of fused-ring (bicyclic) bond motifs is 2. The molecule has 0 bridgehead atoms. The molecular formula is C22H34O6. The highest BCUT2D eigenvalue weighted by atomic mass is 16.6. The fourth-order valence-corrected chi connectivity index (χ4v) is 4.38. The molecule has 6 heteroatoms. The van der Waals surface area contributed by atoms with Gasteiger partial charge in [0.1, 0.15) is 0 Å². The molecule has 6 nitrogen and oxygen atoms in total. The van der Waals surface area contributed by atoms with Crippen molar-refractivity contribution in [3.05, 3.63) is 13.2 Å². The Hall–Kier alpha value is -1.40. The largest absolute Gasteiger partial charge is 0.465 e. The Bertz CT molecular complexity index is 489. The molecule has 158 valence electrons. The Morgan fingerprint density at radius 2 is 1.14 bits per heavy atom. The van der Waals surface area contributed by atoms with E-state index in [1.807, 2.05) is 0 Å². The number of esters is 2. The van der Waals surface area contributed by atoms with Crippen LogP contribution in [0.3, 0.4) is 0 Å². The minimum absolute atomic E-state index is 0.154. The van der Waals surface area contributed by atoms with E-state index >= 15 is 0 Å². The van der Waals surface area contributed by atoms with E-state index in [0.717, 1.165) is 38.5 Å². The second kappa shape index (κ2) is 10.4. The van der Waals surface area contributed by atoms with Crippen molar-refractivity contribution in [3.63, 3.8) is 0 Å². The lowest BCUT2D eigenvalue weighted by Crippen LogP contribution is -2.20. The van der Waals surface area contributed by atoms with Crippen molar-refractivity contribution in [2.24, 2.45) is 11.8 Å². The lowest BCUT2D eigenvalue weighted by molar-refractivity contribution is -0.147. The van der Waals surface area contributed by atoms with Gasteiger partial charge in [0, 0.05) is 12.8 Å². The first-order valence-corrected chi connectivity index (χ1v) is 10.8. The van der Waals surface area contributed by atoms with Crippen molar-refractivity contribution in [2.45, 2.75) is 88.6 Å². The standard InChI is InChI=1S/C20H30O6.C2H4/c21-19(23-11-13-5-7-15-17(9-13)25-15)3-1-2-4-20(22)24-12-14-6-8-16-18(10-14)26-16;1-2/h13-18H,1-12H2;1-2H2. The quantitative estimate of drug-likeness (QED) is 0.257. The third-order valence-corrected chi connectivity index (χ3v) is 6.20. The second-order valence-electron chi connectivity index (χ2n) is 8.36. The number of hydrogen-bond acceptors (Lipinski definition) is 6. The third kappa shape index (κ3) is 6.59. The zero-order valence-electron chi connectivity index (χ0n) is 16.8. The summed E-state index contributed by atoms with van der Waals surface area (Å²) in [5.74, 6) is 0.597. The number of ether oxygens (including phenoxy) is 4. The van der Waals surface area contributed by atoms with Crippen molar-refractivity contribution in [3.8, 4) is 0 Å². The Labute approximate surface area is 167 Å². The highest BCUT2D eigenvalue weighted by Gasteiger charge is 2.44. The first-order chi connectivity index (χ1) is 13.7. The summed E-state index contributed by atoms with van der Waals surface area (Å²) in [6.07, 6.45) is 10.4. The Morgan fingerprint density at radius 3 is 1.54 bits per heavy atom. The minimum atomic E-state index is -0.154. The van der Waals surface area contributed by atoms with Gasteiger partial charge in [0.2, 0.25) is 0 Å². The van der Waals surface area contributed by atoms with Crippen molar-refractivity contribution in [1.29, 1.82) is 0 Å². The average molecular weight is 395 g/mol. The third-order valence-electron chi connectivity index (χ3n) is 6.20. The number of hydrogen-bond donors (Lipinski definition) is 0. The van der Waals surface area contributed by atoms with Gasteiger partial charge in [0.25, 0.3) is 0 Å². The maximum absolute atomic E-state index is 11.8. The van der Waals surface area contributed by atoms with E-state index in [0.29, 0.717) is 75.1 Å². The van der Waals surface area contributed by atoms with Gasteiger partial charge < -0.3 is 18.9 Å². The van der Waals surface area contributed by atoms with E-state index in [1.165, 1.54) is 0 Å². The summed E-state index contributed by atoms with van der Waals surface area (Å²) >= 11 is 0. The van der Waals surface area contributed by atoms with Crippen molar-refractivity contribution in [2.75, 3.05) is 13.2 Å². The summed E-state index contributed by atoms with van der Waals surface area (Å²) in [7, 11) is 0. The van der Waals surface area contributed by atoms with E-state index < -0.39 is 0 Å². The van der Waals surface area contributed by atoms with Crippen LogP contribution in [0.5, 0.6) is 0 Å². The van der Waals surface area contributed by atoms with Gasteiger partial charge in [-0.05, 0) is 63.2 Å². The van der Waals surface area contributed by atoms with Crippen molar-refractivity contribution >= 4 is 11.9 Å². The van der Waals surface area contributed by atoms with Crippen LogP contribution in [0.4, 0.5) is 0 Å². The molecule has 2 saturated heterocycles. The van der Waals surface area contributed by atoms with Crippen LogP contribution in [0, 0.1) is 11.8 Å². The van der Waals surface area contributed by atoms with Gasteiger partial charge in [-0.1, -0.05) is 0 Å². The predicted molar refractivity (Wildman–Crippen MR) is 104 cm³/mol. The molecule has 0 spiro atoms. The maximum atomic E-state index is 11.8. The first kappa shape index (κ1) is 21.3. The fraction of sp³-hybridized carbons (Fsp3) is 0.818. The average Bonchev–Trinajstić information content (AvgIpc) is 3.63. The fourth-order valence-electron chi connectivity index (χ4n) is 4.38. The Balaban J connectivity index is 0.00000109. The normalized spacial score (nSPS) is 34.7. The molecule has 6 unspecified atom stereocenters. The van der Waals surface area contributed by atoms with E-state index in [-0.39, 0.29) is 11.9 Å². The summed E-state index contributed by atoms with van der Waals surface area (Å²) in [6.45, 7) is 7.03. The molecule has 0 aromatic rings. The maximum Gasteiger partial charge on any atom is 0.305 e. The van der Waals surface area contributed by atoms with E-state index in [2.05, 4.69) is 13.2 Å². The smallest absolute Gasteiger partial charge is 0.305 e. The van der Waals surface area contributed by atoms with Crippen LogP contribution in [0.15, 0.2) is 13.2 Å². The van der Waals surface area contributed by atoms with E-state index in [1.54, 1.807) is 0 Å². The number of carbonyl (C=O) groups excluding carboxylic acids is 2. The van der Waals surface area contributed by atoms with Crippen molar-refractivity contribution in [1.82, 2.24) is 0 Å². The van der Waals surface area contributed by atoms with Crippen LogP contribution in [0.2, 0.25) is 0 Å². The molecule has 6 atom stereocenters. The van der Waals surface area contributed by atoms with Gasteiger partial charge in [-0.2, -0.15) is 0 Å². The molecule has 2 heterocycles. The summed E-state index contributed by atoms with van der Waals surface area (Å²) in [5.41, 5.74) is 0. The molecular weight excluding hydrogens is 360 g/mol. The molecule has 4 fully saturated rings. The number of rotatable bonds is 9. The van der Waals surface area contributed by atoms with Crippen LogP contribution in [0.25, 0.3) is 0 Å². The molecule has 0 amide bonds. The van der Waals surface area contributed by atoms with Crippen molar-refractivity contribution < 1.29 is 28.5 Å². The summed E-state index contributed by atoms with van der Waals surface area (Å²) in [6, 6.07) is 0. The monoisotopic (exact) mass is 394 g/mol. The SMILES string of the molecule is C=C.O=C(CCCCC(=O)OCC1CCC2OC2C1)OCC1CCC2OC2C1. The Kier molecular flexibility index (Phi) is 7.91. The van der Waals surface area contributed by atoms with Gasteiger partial charge in [0.15, 0.2) is 0 Å². The van der Waals surface area contributed by atoms with Crippen LogP contribution in [-0.4, -0.2) is 49.6 Å². The molecule has 2 saturated carbocycles. The highest BCUT2D eigenvalue weighted by Crippen LogP contribution is 2.40. The lowest BCUT2D eigenvalue weighted by Gasteiger charge is -2.18. The topological polar surface area (TPSA) is 77.7 Å². The second-order valence-corrected chi connectivity index (χ2v) is 8.36. The molecule has 28 heavy (non-hydrogen) atoms. The molecule has 0 N–H and O–H groups in total. The van der Waals surface area contributed by atoms with Crippen LogP contribution >= 0.6 is 0 Å². The summed E-state index contributed by atoms with van der Waals surface area (Å²) < 4.78 is 21.7. The molecule has 0 aromatic heterocycles. The van der Waals surface area contributed by atoms with Crippen LogP contribution in [-0.2, 0) is 28.5 Å². The van der Waals surface area contributed by atoms with Gasteiger partial charge in [-0.3, -0.25) is 9.59 Å². The van der Waals surface area contributed by atoms with E-state index in [4.69, 9.17) is 18.9 Å². The molecule has 2 aliphatic carbocycles. The van der Waals surface area contributed by atoms with Gasteiger partial charge in [-0.25, -0.2) is 0 Å². The zero-order valence-corrected chi connectivity index (χ0v) is 16.8. The highest BCUT2D eigenvalue weighted by molar-refractivity contribution is 5.70. The molecule has 4 rings (SSSR count).